The van der Waals surface area contributed by atoms with Gasteiger partial charge in [-0.3, -0.25) is 19.6 Å². The molecule has 0 radical (unpaired) electrons. The highest BCUT2D eigenvalue weighted by Crippen LogP contribution is 2.39. The number of fused-ring (bicyclic) bond motifs is 1. The van der Waals surface area contributed by atoms with E-state index >= 15 is 0 Å². The van der Waals surface area contributed by atoms with Gasteiger partial charge in [-0.05, 0) is 30.2 Å². The van der Waals surface area contributed by atoms with Gasteiger partial charge in [0.25, 0.3) is 0 Å². The second-order valence-corrected chi connectivity index (χ2v) is 11.1. The monoisotopic (exact) mass is 495 g/mol. The van der Waals surface area contributed by atoms with E-state index < -0.39 is 0 Å². The third-order valence-corrected chi connectivity index (χ3v) is 7.70. The number of pyridine rings is 1. The Bertz CT molecular complexity index is 1090. The normalized spacial score (nSPS) is 24.6. The lowest BCUT2D eigenvalue weighted by atomic mass is 9.91. The first kappa shape index (κ1) is 25.3. The van der Waals surface area contributed by atoms with Gasteiger partial charge in [0.05, 0.1) is 31.1 Å². The molecule has 2 atom stereocenters. The SMILES string of the molecule is C[C@@H]1CN(CC(=O)N2CC(C)(C)c3ncc(Cc4ccccc4F)cc32)[C@@H](CN2CCOCC2)CN1. The molecule has 0 spiro atoms. The molecule has 0 aliphatic carbocycles. The number of rotatable bonds is 6. The average Bonchev–Trinajstić information content (AvgIpc) is 3.13. The highest BCUT2D eigenvalue weighted by molar-refractivity contribution is 5.97. The maximum Gasteiger partial charge on any atom is 0.241 e. The number of carbonyl (C=O) groups is 1. The maximum atomic E-state index is 14.3. The summed E-state index contributed by atoms with van der Waals surface area (Å²) in [6.07, 6.45) is 2.28. The van der Waals surface area contributed by atoms with Gasteiger partial charge in [-0.15, -0.1) is 0 Å². The fraction of sp³-hybridized carbons (Fsp3) is 0.571. The Morgan fingerprint density at radius 1 is 1.25 bits per heavy atom. The van der Waals surface area contributed by atoms with Gasteiger partial charge in [0.2, 0.25) is 5.91 Å². The molecule has 2 fully saturated rings. The number of carbonyl (C=O) groups excluding carboxylic acids is 1. The fourth-order valence-corrected chi connectivity index (χ4v) is 5.70. The molecule has 0 bridgehead atoms. The Hall–Kier alpha value is -2.39. The molecule has 5 rings (SSSR count). The van der Waals surface area contributed by atoms with E-state index in [9.17, 15) is 9.18 Å². The molecule has 1 aromatic carbocycles. The third kappa shape index (κ3) is 5.47. The molecule has 36 heavy (non-hydrogen) atoms. The molecular formula is C28H38FN5O2. The average molecular weight is 496 g/mol. The summed E-state index contributed by atoms with van der Waals surface area (Å²) in [5.74, 6) is -0.113. The number of hydrogen-bond acceptors (Lipinski definition) is 6. The quantitative estimate of drug-likeness (QED) is 0.664. The molecule has 8 heteroatoms. The van der Waals surface area contributed by atoms with Crippen molar-refractivity contribution >= 4 is 11.6 Å². The van der Waals surface area contributed by atoms with Gasteiger partial charge in [-0.2, -0.15) is 0 Å². The highest BCUT2D eigenvalue weighted by Gasteiger charge is 2.40. The van der Waals surface area contributed by atoms with Gasteiger partial charge in [0.1, 0.15) is 5.82 Å². The molecule has 0 saturated carbocycles. The zero-order valence-corrected chi connectivity index (χ0v) is 21.7. The summed E-state index contributed by atoms with van der Waals surface area (Å²) in [7, 11) is 0. The van der Waals surface area contributed by atoms with E-state index in [0.29, 0.717) is 31.1 Å². The number of amides is 1. The van der Waals surface area contributed by atoms with Crippen LogP contribution in [0.3, 0.4) is 0 Å². The highest BCUT2D eigenvalue weighted by atomic mass is 19.1. The summed E-state index contributed by atoms with van der Waals surface area (Å²) in [4.78, 5) is 25.2. The number of benzene rings is 1. The predicted octanol–water partition coefficient (Wildman–Crippen LogP) is 2.43. The van der Waals surface area contributed by atoms with E-state index in [1.54, 1.807) is 12.1 Å². The van der Waals surface area contributed by atoms with E-state index in [2.05, 4.69) is 35.9 Å². The summed E-state index contributed by atoms with van der Waals surface area (Å²) in [5, 5.41) is 3.59. The lowest BCUT2D eigenvalue weighted by Crippen LogP contribution is -2.61. The van der Waals surface area contributed by atoms with E-state index in [-0.39, 0.29) is 23.2 Å². The van der Waals surface area contributed by atoms with E-state index in [4.69, 9.17) is 9.72 Å². The van der Waals surface area contributed by atoms with Crippen LogP contribution in [-0.2, 0) is 21.4 Å². The number of ether oxygens (including phenoxy) is 1. The Balaban J connectivity index is 1.33. The van der Waals surface area contributed by atoms with Gasteiger partial charge in [0.15, 0.2) is 0 Å². The van der Waals surface area contributed by atoms with Crippen LogP contribution in [0.25, 0.3) is 0 Å². The third-order valence-electron chi connectivity index (χ3n) is 7.70. The van der Waals surface area contributed by atoms with Crippen molar-refractivity contribution in [1.82, 2.24) is 20.1 Å². The van der Waals surface area contributed by atoms with Crippen LogP contribution in [0.4, 0.5) is 10.1 Å². The number of nitrogens with one attached hydrogen (secondary N) is 1. The van der Waals surface area contributed by atoms with E-state index in [1.807, 2.05) is 23.2 Å². The van der Waals surface area contributed by atoms with Crippen LogP contribution in [0.5, 0.6) is 0 Å². The maximum absolute atomic E-state index is 14.3. The second-order valence-electron chi connectivity index (χ2n) is 11.1. The Kier molecular flexibility index (Phi) is 7.40. The zero-order chi connectivity index (χ0) is 25.3. The summed E-state index contributed by atoms with van der Waals surface area (Å²) >= 11 is 0. The van der Waals surface area contributed by atoms with E-state index in [1.165, 1.54) is 6.07 Å². The number of hydrogen-bond donors (Lipinski definition) is 1. The molecule has 0 unspecified atom stereocenters. The fourth-order valence-electron chi connectivity index (χ4n) is 5.70. The molecule has 4 heterocycles. The zero-order valence-electron chi connectivity index (χ0n) is 21.7. The lowest BCUT2D eigenvalue weighted by Gasteiger charge is -2.42. The number of piperazine rings is 1. The van der Waals surface area contributed by atoms with Crippen molar-refractivity contribution in [2.75, 3.05) is 63.9 Å². The summed E-state index contributed by atoms with van der Waals surface area (Å²) < 4.78 is 19.8. The van der Waals surface area contributed by atoms with Crippen molar-refractivity contribution in [3.05, 3.63) is 59.2 Å². The standard InChI is InChI=1S/C28H38FN5O2/c1-20-16-33(23(15-30-20)17-32-8-10-36-11-9-32)18-26(35)34-19-28(2,3)27-25(34)13-21(14-31-27)12-22-6-4-5-7-24(22)29/h4-7,13-14,20,23,30H,8-12,15-19H2,1-3H3/t20-,23-/m1/s1. The minimum absolute atomic E-state index is 0.104. The molecule has 3 aliphatic heterocycles. The summed E-state index contributed by atoms with van der Waals surface area (Å²) in [6.45, 7) is 13.5. The first-order chi connectivity index (χ1) is 17.3. The number of aromatic nitrogens is 1. The molecule has 2 aromatic rings. The number of morpholine rings is 1. The molecule has 3 aliphatic rings. The summed E-state index contributed by atoms with van der Waals surface area (Å²) in [5.41, 5.74) is 3.12. The Morgan fingerprint density at radius 3 is 2.81 bits per heavy atom. The largest absolute Gasteiger partial charge is 0.379 e. The van der Waals surface area contributed by atoms with Gasteiger partial charge in [0, 0.05) is 69.4 Å². The van der Waals surface area contributed by atoms with Crippen LogP contribution in [0.1, 0.15) is 37.6 Å². The van der Waals surface area contributed by atoms with Crippen LogP contribution in [0.15, 0.2) is 36.5 Å². The lowest BCUT2D eigenvalue weighted by molar-refractivity contribution is -0.121. The van der Waals surface area contributed by atoms with Gasteiger partial charge < -0.3 is 15.0 Å². The molecule has 194 valence electrons. The Labute approximate surface area is 213 Å². The predicted molar refractivity (Wildman–Crippen MR) is 139 cm³/mol. The van der Waals surface area contributed by atoms with Crippen LogP contribution in [0, 0.1) is 5.82 Å². The topological polar surface area (TPSA) is 60.9 Å². The Morgan fingerprint density at radius 2 is 2.03 bits per heavy atom. The minimum atomic E-state index is -0.231. The van der Waals surface area contributed by atoms with Crippen molar-refractivity contribution < 1.29 is 13.9 Å². The van der Waals surface area contributed by atoms with Crippen LogP contribution in [-0.4, -0.2) is 91.8 Å². The smallest absolute Gasteiger partial charge is 0.241 e. The molecule has 1 amide bonds. The molecule has 7 nitrogen and oxygen atoms in total. The minimum Gasteiger partial charge on any atom is -0.379 e. The first-order valence-corrected chi connectivity index (χ1v) is 13.1. The molecule has 2 saturated heterocycles. The van der Waals surface area contributed by atoms with Crippen molar-refractivity contribution in [2.45, 2.75) is 44.7 Å². The van der Waals surface area contributed by atoms with Crippen LogP contribution in [0.2, 0.25) is 0 Å². The van der Waals surface area contributed by atoms with Crippen molar-refractivity contribution in [2.24, 2.45) is 0 Å². The van der Waals surface area contributed by atoms with Gasteiger partial charge in [-0.1, -0.05) is 32.0 Å². The second kappa shape index (κ2) is 10.5. The van der Waals surface area contributed by atoms with Crippen LogP contribution < -0.4 is 10.2 Å². The number of anilines is 1. The van der Waals surface area contributed by atoms with Crippen molar-refractivity contribution in [1.29, 1.82) is 0 Å². The molecule has 1 aromatic heterocycles. The van der Waals surface area contributed by atoms with Crippen molar-refractivity contribution in [3.63, 3.8) is 0 Å². The molecule has 1 N–H and O–H groups in total. The van der Waals surface area contributed by atoms with Gasteiger partial charge >= 0.3 is 0 Å². The summed E-state index contributed by atoms with van der Waals surface area (Å²) in [6, 6.07) is 9.49. The first-order valence-electron chi connectivity index (χ1n) is 13.1. The number of halogens is 1. The van der Waals surface area contributed by atoms with E-state index in [0.717, 1.165) is 62.9 Å². The van der Waals surface area contributed by atoms with Crippen molar-refractivity contribution in [3.8, 4) is 0 Å². The van der Waals surface area contributed by atoms with Gasteiger partial charge in [-0.25, -0.2) is 4.39 Å². The number of nitrogens with zero attached hydrogens (tertiary/aromatic N) is 4. The molecular weight excluding hydrogens is 457 g/mol. The van der Waals surface area contributed by atoms with Crippen LogP contribution >= 0.6 is 0 Å².